The first kappa shape index (κ1) is 11.2. The molecular weight excluding hydrogens is 296 g/mol. The zero-order chi connectivity index (χ0) is 9.68. The van der Waals surface area contributed by atoms with E-state index in [0.717, 1.165) is 6.42 Å². The van der Waals surface area contributed by atoms with Gasteiger partial charge in [0.15, 0.2) is 0 Å². The van der Waals surface area contributed by atoms with Crippen molar-refractivity contribution in [2.45, 2.75) is 16.1 Å². The number of aliphatic hydroxyl groups excluding tert-OH is 1. The highest BCUT2D eigenvalue weighted by Crippen LogP contribution is 2.32. The van der Waals surface area contributed by atoms with Crippen molar-refractivity contribution in [1.29, 1.82) is 0 Å². The molecule has 1 aromatic rings. The second kappa shape index (κ2) is 5.78. The molecule has 0 aliphatic heterocycles. The molecule has 2 atom stereocenters. The van der Waals surface area contributed by atoms with Crippen LogP contribution in [0.5, 0.6) is 0 Å². The Hall–Kier alpha value is 0.140. The van der Waals surface area contributed by atoms with E-state index in [1.807, 2.05) is 18.2 Å². The van der Waals surface area contributed by atoms with Gasteiger partial charge in [0.25, 0.3) is 0 Å². The first-order chi connectivity index (χ1) is 6.25. The number of rotatable bonds is 4. The van der Waals surface area contributed by atoms with E-state index in [0.29, 0.717) is 0 Å². The Labute approximate surface area is 95.4 Å². The molecule has 0 aliphatic rings. The fourth-order valence-corrected chi connectivity index (χ4v) is 2.19. The summed E-state index contributed by atoms with van der Waals surface area (Å²) in [6, 6.07) is 10.2. The van der Waals surface area contributed by atoms with Crippen molar-refractivity contribution in [2.75, 3.05) is 6.61 Å². The fourth-order valence-electron chi connectivity index (χ4n) is 1.12. The van der Waals surface area contributed by atoms with Gasteiger partial charge in [-0.1, -0.05) is 62.2 Å². The van der Waals surface area contributed by atoms with E-state index < -0.39 is 0 Å². The Morgan fingerprint density at radius 2 is 1.77 bits per heavy atom. The molecule has 13 heavy (non-hydrogen) atoms. The monoisotopic (exact) mass is 306 g/mol. The Kier molecular flexibility index (Phi) is 4.99. The van der Waals surface area contributed by atoms with E-state index in [1.54, 1.807) is 0 Å². The molecule has 0 heterocycles. The normalized spacial score (nSPS) is 15.3. The summed E-state index contributed by atoms with van der Waals surface area (Å²) < 4.78 is 0. The highest BCUT2D eigenvalue weighted by atomic mass is 79.9. The predicted molar refractivity (Wildman–Crippen MR) is 62.5 cm³/mol. The first-order valence-corrected chi connectivity index (χ1v) is 6.02. The molecule has 0 aromatic heterocycles. The van der Waals surface area contributed by atoms with Gasteiger partial charge in [0.1, 0.15) is 0 Å². The van der Waals surface area contributed by atoms with Crippen LogP contribution in [0.1, 0.15) is 16.8 Å². The van der Waals surface area contributed by atoms with Gasteiger partial charge in [0.2, 0.25) is 0 Å². The molecule has 0 saturated carbocycles. The van der Waals surface area contributed by atoms with E-state index >= 15 is 0 Å². The van der Waals surface area contributed by atoms with Crippen LogP contribution in [0.25, 0.3) is 0 Å². The summed E-state index contributed by atoms with van der Waals surface area (Å²) in [6.07, 6.45) is 0.755. The fraction of sp³-hybridized carbons (Fsp3) is 0.400. The number of alkyl halides is 2. The van der Waals surface area contributed by atoms with Crippen molar-refractivity contribution in [1.82, 2.24) is 0 Å². The lowest BCUT2D eigenvalue weighted by Gasteiger charge is -2.15. The molecule has 0 radical (unpaired) electrons. The molecule has 0 bridgehead atoms. The standard InChI is InChI=1S/C10H12Br2O/c11-9(6-7-13)10(12)8-4-2-1-3-5-8/h1-5,9-10,13H,6-7H2/t9-,10-/m1/s1. The Bertz CT molecular complexity index is 238. The van der Waals surface area contributed by atoms with Crippen LogP contribution in [0.15, 0.2) is 30.3 Å². The van der Waals surface area contributed by atoms with Crippen molar-refractivity contribution in [3.8, 4) is 0 Å². The summed E-state index contributed by atoms with van der Waals surface area (Å²) in [7, 11) is 0. The molecule has 1 N–H and O–H groups in total. The number of hydrogen-bond donors (Lipinski definition) is 1. The Morgan fingerprint density at radius 3 is 2.31 bits per heavy atom. The Balaban J connectivity index is 2.62. The maximum atomic E-state index is 8.78. The zero-order valence-corrected chi connectivity index (χ0v) is 10.3. The van der Waals surface area contributed by atoms with E-state index in [4.69, 9.17) is 5.11 Å². The highest BCUT2D eigenvalue weighted by molar-refractivity contribution is 9.12. The van der Waals surface area contributed by atoms with Crippen molar-refractivity contribution >= 4 is 31.9 Å². The van der Waals surface area contributed by atoms with Gasteiger partial charge in [0.05, 0.1) is 4.83 Å². The van der Waals surface area contributed by atoms with Crippen molar-refractivity contribution in [2.24, 2.45) is 0 Å². The molecule has 0 saturated heterocycles. The summed E-state index contributed by atoms with van der Waals surface area (Å²) in [4.78, 5) is 0.542. The molecule has 0 amide bonds. The molecule has 3 heteroatoms. The summed E-state index contributed by atoms with van der Waals surface area (Å²) in [5.74, 6) is 0. The van der Waals surface area contributed by atoms with Gasteiger partial charge < -0.3 is 5.11 Å². The lowest BCUT2D eigenvalue weighted by molar-refractivity contribution is 0.287. The van der Waals surface area contributed by atoms with Crippen LogP contribution in [-0.2, 0) is 0 Å². The molecule has 1 rings (SSSR count). The van der Waals surface area contributed by atoms with Gasteiger partial charge in [-0.15, -0.1) is 0 Å². The van der Waals surface area contributed by atoms with Gasteiger partial charge in [0, 0.05) is 11.4 Å². The number of aliphatic hydroxyl groups is 1. The minimum atomic E-state index is 0.213. The summed E-state index contributed by atoms with van der Waals surface area (Å²) in [6.45, 7) is 0.213. The van der Waals surface area contributed by atoms with Gasteiger partial charge in [-0.25, -0.2) is 0 Å². The van der Waals surface area contributed by atoms with Crippen LogP contribution in [0, 0.1) is 0 Å². The third-order valence-electron chi connectivity index (χ3n) is 1.84. The third kappa shape index (κ3) is 3.41. The van der Waals surface area contributed by atoms with Gasteiger partial charge in [-0.3, -0.25) is 0 Å². The third-order valence-corrected chi connectivity index (χ3v) is 4.70. The van der Waals surface area contributed by atoms with Gasteiger partial charge in [-0.05, 0) is 12.0 Å². The number of hydrogen-bond acceptors (Lipinski definition) is 1. The van der Waals surface area contributed by atoms with Crippen LogP contribution >= 0.6 is 31.9 Å². The molecule has 1 aromatic carbocycles. The lowest BCUT2D eigenvalue weighted by atomic mass is 10.1. The van der Waals surface area contributed by atoms with Crippen molar-refractivity contribution < 1.29 is 5.11 Å². The highest BCUT2D eigenvalue weighted by Gasteiger charge is 2.16. The van der Waals surface area contributed by atoms with Crippen LogP contribution in [0.2, 0.25) is 0 Å². The quantitative estimate of drug-likeness (QED) is 0.847. The van der Waals surface area contributed by atoms with Gasteiger partial charge in [-0.2, -0.15) is 0 Å². The lowest BCUT2D eigenvalue weighted by Crippen LogP contribution is -2.08. The topological polar surface area (TPSA) is 20.2 Å². The largest absolute Gasteiger partial charge is 0.396 e. The smallest absolute Gasteiger partial charge is 0.0521 e. The van der Waals surface area contributed by atoms with Crippen molar-refractivity contribution in [3.63, 3.8) is 0 Å². The number of halogens is 2. The molecule has 0 spiro atoms. The van der Waals surface area contributed by atoms with Crippen molar-refractivity contribution in [3.05, 3.63) is 35.9 Å². The molecule has 72 valence electrons. The second-order valence-electron chi connectivity index (χ2n) is 2.84. The summed E-state index contributed by atoms with van der Waals surface area (Å²) in [5.41, 5.74) is 1.23. The molecule has 0 unspecified atom stereocenters. The van der Waals surface area contributed by atoms with Gasteiger partial charge >= 0.3 is 0 Å². The molecule has 0 fully saturated rings. The number of benzene rings is 1. The second-order valence-corrected chi connectivity index (χ2v) is 5.00. The van der Waals surface area contributed by atoms with Crippen LogP contribution in [0.3, 0.4) is 0 Å². The molecule has 0 aliphatic carbocycles. The van der Waals surface area contributed by atoms with Crippen LogP contribution in [-0.4, -0.2) is 16.5 Å². The minimum Gasteiger partial charge on any atom is -0.396 e. The Morgan fingerprint density at radius 1 is 1.15 bits per heavy atom. The minimum absolute atomic E-state index is 0.213. The van der Waals surface area contributed by atoms with Crippen LogP contribution < -0.4 is 0 Å². The van der Waals surface area contributed by atoms with Crippen LogP contribution in [0.4, 0.5) is 0 Å². The molecular formula is C10H12Br2O. The van der Waals surface area contributed by atoms with E-state index in [9.17, 15) is 0 Å². The maximum absolute atomic E-state index is 8.78. The van der Waals surface area contributed by atoms with E-state index in [1.165, 1.54) is 5.56 Å². The van der Waals surface area contributed by atoms with E-state index in [2.05, 4.69) is 44.0 Å². The SMILES string of the molecule is OCC[C@@H](Br)[C@H](Br)c1ccccc1. The first-order valence-electron chi connectivity index (χ1n) is 4.19. The summed E-state index contributed by atoms with van der Waals surface area (Å²) >= 11 is 7.13. The predicted octanol–water partition coefficient (Wildman–Crippen LogP) is 3.27. The van der Waals surface area contributed by atoms with E-state index in [-0.39, 0.29) is 16.3 Å². The zero-order valence-electron chi connectivity index (χ0n) is 7.16. The maximum Gasteiger partial charge on any atom is 0.0521 e. The molecule has 1 nitrogen and oxygen atoms in total. The average Bonchev–Trinajstić information content (AvgIpc) is 2.18. The summed E-state index contributed by atoms with van der Waals surface area (Å²) in [5, 5.41) is 8.78. The average molecular weight is 308 g/mol.